The summed E-state index contributed by atoms with van der Waals surface area (Å²) >= 11 is 0. The number of carbonyl (C=O) groups is 1. The van der Waals surface area contributed by atoms with Crippen molar-refractivity contribution >= 4 is 11.7 Å². The van der Waals surface area contributed by atoms with Gasteiger partial charge in [-0.25, -0.2) is 28.9 Å². The lowest BCUT2D eigenvalue weighted by Gasteiger charge is -2.34. The Bertz CT molecular complexity index is 1420. The molecule has 1 aromatic carbocycles. The van der Waals surface area contributed by atoms with Crippen molar-refractivity contribution < 1.29 is 14.6 Å². The molecule has 190 valence electrons. The third-order valence-electron chi connectivity index (χ3n) is 6.66. The summed E-state index contributed by atoms with van der Waals surface area (Å²) < 4.78 is 8.48. The number of pyridine rings is 1. The van der Waals surface area contributed by atoms with Crippen LogP contribution in [0.2, 0.25) is 0 Å². The summed E-state index contributed by atoms with van der Waals surface area (Å²) in [6.45, 7) is 7.08. The largest absolute Gasteiger partial charge is 0.477 e. The predicted octanol–water partition coefficient (Wildman–Crippen LogP) is 3.69. The van der Waals surface area contributed by atoms with Gasteiger partial charge in [-0.3, -0.25) is 9.55 Å². The summed E-state index contributed by atoms with van der Waals surface area (Å²) in [7, 11) is 0. The maximum atomic E-state index is 13.1. The van der Waals surface area contributed by atoms with Gasteiger partial charge in [0.15, 0.2) is 5.69 Å². The van der Waals surface area contributed by atoms with Crippen molar-refractivity contribution in [3.63, 3.8) is 0 Å². The van der Waals surface area contributed by atoms with Crippen LogP contribution >= 0.6 is 0 Å². The first-order valence-electron chi connectivity index (χ1n) is 12.1. The van der Waals surface area contributed by atoms with Crippen molar-refractivity contribution in [2.24, 2.45) is 16.3 Å². The van der Waals surface area contributed by atoms with Crippen molar-refractivity contribution in [3.05, 3.63) is 74.9 Å². The molecular formula is C26H31N5O5. The van der Waals surface area contributed by atoms with Crippen LogP contribution in [-0.4, -0.2) is 30.2 Å². The van der Waals surface area contributed by atoms with Gasteiger partial charge in [0.25, 0.3) is 0 Å². The number of aromatic carboxylic acids is 1. The van der Waals surface area contributed by atoms with Crippen LogP contribution in [0.3, 0.4) is 0 Å². The zero-order valence-corrected chi connectivity index (χ0v) is 20.7. The second kappa shape index (κ2) is 10.3. The van der Waals surface area contributed by atoms with Crippen LogP contribution in [0.5, 0.6) is 11.5 Å². The molecule has 0 atom stereocenters. The molecule has 1 aliphatic rings. The zero-order chi connectivity index (χ0) is 25.9. The van der Waals surface area contributed by atoms with Crippen LogP contribution in [0, 0.1) is 11.3 Å². The first-order chi connectivity index (χ1) is 17.1. The van der Waals surface area contributed by atoms with E-state index in [9.17, 15) is 14.4 Å². The molecular weight excluding hydrogens is 462 g/mol. The molecule has 0 saturated heterocycles. The van der Waals surface area contributed by atoms with Gasteiger partial charge in [0.1, 0.15) is 11.5 Å². The van der Waals surface area contributed by atoms with E-state index in [0.29, 0.717) is 35.1 Å². The molecule has 2 heterocycles. The molecule has 4 rings (SSSR count). The molecule has 10 heteroatoms. The van der Waals surface area contributed by atoms with E-state index in [1.165, 1.54) is 16.8 Å². The van der Waals surface area contributed by atoms with Crippen LogP contribution in [0.25, 0.3) is 0 Å². The average Bonchev–Trinajstić information content (AvgIpc) is 2.84. The number of H-pyrrole nitrogens is 1. The second-order valence-electron chi connectivity index (χ2n) is 9.89. The number of hydrogen-bond donors (Lipinski definition) is 2. The summed E-state index contributed by atoms with van der Waals surface area (Å²) in [6.07, 6.45) is 5.61. The van der Waals surface area contributed by atoms with Crippen LogP contribution in [0.4, 0.5) is 5.69 Å². The molecule has 1 aliphatic carbocycles. The van der Waals surface area contributed by atoms with Crippen LogP contribution in [-0.2, 0) is 13.1 Å². The fourth-order valence-electron chi connectivity index (χ4n) is 4.42. The van der Waals surface area contributed by atoms with Crippen LogP contribution in [0.15, 0.2) is 57.2 Å². The van der Waals surface area contributed by atoms with Crippen LogP contribution < -0.4 is 21.7 Å². The Morgan fingerprint density at radius 2 is 1.83 bits per heavy atom. The fraction of sp³-hybridized carbons (Fsp3) is 0.423. The molecule has 3 aromatic rings. The Labute approximate surface area is 208 Å². The smallest absolute Gasteiger partial charge is 0.354 e. The maximum Gasteiger partial charge on any atom is 0.354 e. The summed E-state index contributed by atoms with van der Waals surface area (Å²) in [4.78, 5) is 47.9. The number of nitrogens with one attached hydrogen (secondary N) is 1. The van der Waals surface area contributed by atoms with E-state index >= 15 is 0 Å². The first-order valence-corrected chi connectivity index (χ1v) is 12.1. The van der Waals surface area contributed by atoms with Gasteiger partial charge in [-0.05, 0) is 74.3 Å². The SMILES string of the molecule is CCn1c(=O)[nH]/c(=N\c2ccc(Oc3ccnc(C(=O)O)c3)cc2)n(CC2CCC(C)(C)CC2)c1=O. The van der Waals surface area contributed by atoms with Gasteiger partial charge >= 0.3 is 17.3 Å². The van der Waals surface area contributed by atoms with E-state index in [1.54, 1.807) is 41.8 Å². The number of ether oxygens (including phenoxy) is 1. The summed E-state index contributed by atoms with van der Waals surface area (Å²) in [5.74, 6) is 0.0173. The lowest BCUT2D eigenvalue weighted by molar-refractivity contribution is 0.0690. The highest BCUT2D eigenvalue weighted by Gasteiger charge is 2.27. The molecule has 0 spiro atoms. The van der Waals surface area contributed by atoms with Crippen molar-refractivity contribution in [2.45, 2.75) is 59.5 Å². The average molecular weight is 494 g/mol. The van der Waals surface area contributed by atoms with E-state index in [0.717, 1.165) is 25.7 Å². The maximum absolute atomic E-state index is 13.1. The van der Waals surface area contributed by atoms with Crippen molar-refractivity contribution in [1.29, 1.82) is 0 Å². The molecule has 2 N–H and O–H groups in total. The Morgan fingerprint density at radius 1 is 1.14 bits per heavy atom. The van der Waals surface area contributed by atoms with E-state index in [-0.39, 0.29) is 23.5 Å². The lowest BCUT2D eigenvalue weighted by Crippen LogP contribution is -2.50. The standard InChI is InChI=1S/C26H31N5O5/c1-4-30-24(34)29-23(31(25(30)35)16-17-9-12-26(2,3)13-10-17)28-18-5-7-19(8-6-18)36-20-11-14-27-21(15-20)22(32)33/h5-8,11,14-15,17H,4,9-10,12-13,16H2,1-3H3,(H,32,33)(H,28,29,34). The van der Waals surface area contributed by atoms with Gasteiger partial charge in [-0.1, -0.05) is 13.8 Å². The van der Waals surface area contributed by atoms with E-state index in [1.807, 2.05) is 0 Å². The summed E-state index contributed by atoms with van der Waals surface area (Å²) in [6, 6.07) is 9.66. The number of rotatable bonds is 7. The molecule has 0 unspecified atom stereocenters. The molecule has 36 heavy (non-hydrogen) atoms. The second-order valence-corrected chi connectivity index (χ2v) is 9.89. The highest BCUT2D eigenvalue weighted by Crippen LogP contribution is 2.38. The number of aromatic amines is 1. The minimum Gasteiger partial charge on any atom is -0.477 e. The number of benzene rings is 1. The topological polar surface area (TPSA) is 132 Å². The molecule has 10 nitrogen and oxygen atoms in total. The van der Waals surface area contributed by atoms with Gasteiger partial charge in [-0.15, -0.1) is 0 Å². The minimum absolute atomic E-state index is 0.115. The molecule has 0 radical (unpaired) electrons. The predicted molar refractivity (Wildman–Crippen MR) is 134 cm³/mol. The van der Waals surface area contributed by atoms with E-state index in [2.05, 4.69) is 28.8 Å². The highest BCUT2D eigenvalue weighted by atomic mass is 16.5. The lowest BCUT2D eigenvalue weighted by atomic mass is 9.73. The van der Waals surface area contributed by atoms with Gasteiger partial charge in [0.05, 0.1) is 5.69 Å². The number of carboxylic acid groups (broad SMARTS) is 1. The Hall–Kier alpha value is -3.95. The van der Waals surface area contributed by atoms with E-state index < -0.39 is 11.7 Å². The van der Waals surface area contributed by atoms with Crippen molar-refractivity contribution in [1.82, 2.24) is 19.1 Å². The number of aromatic nitrogens is 4. The molecule has 1 fully saturated rings. The monoisotopic (exact) mass is 493 g/mol. The molecule has 1 saturated carbocycles. The minimum atomic E-state index is -1.14. The summed E-state index contributed by atoms with van der Waals surface area (Å²) in [5.41, 5.74) is 0.0968. The molecule has 0 bridgehead atoms. The quantitative estimate of drug-likeness (QED) is 0.516. The fourth-order valence-corrected chi connectivity index (χ4v) is 4.42. The van der Waals surface area contributed by atoms with Gasteiger partial charge in [0, 0.05) is 25.4 Å². The summed E-state index contributed by atoms with van der Waals surface area (Å²) in [5, 5.41) is 9.09. The normalized spacial score (nSPS) is 16.1. The molecule has 2 aromatic heterocycles. The first kappa shape index (κ1) is 25.2. The molecule has 0 amide bonds. The Morgan fingerprint density at radius 3 is 2.47 bits per heavy atom. The third kappa shape index (κ3) is 5.81. The third-order valence-corrected chi connectivity index (χ3v) is 6.66. The number of nitrogens with zero attached hydrogens (tertiary/aromatic N) is 4. The van der Waals surface area contributed by atoms with Crippen LogP contribution in [0.1, 0.15) is 56.9 Å². The van der Waals surface area contributed by atoms with E-state index in [4.69, 9.17) is 9.84 Å². The highest BCUT2D eigenvalue weighted by molar-refractivity contribution is 5.85. The zero-order valence-electron chi connectivity index (χ0n) is 20.7. The Kier molecular flexibility index (Phi) is 7.23. The van der Waals surface area contributed by atoms with Gasteiger partial charge in [-0.2, -0.15) is 0 Å². The van der Waals surface area contributed by atoms with Gasteiger partial charge in [0.2, 0.25) is 5.62 Å². The number of carboxylic acids is 1. The van der Waals surface area contributed by atoms with Gasteiger partial charge < -0.3 is 9.84 Å². The number of hydrogen-bond acceptors (Lipinski definition) is 6. The van der Waals surface area contributed by atoms with Crippen molar-refractivity contribution in [2.75, 3.05) is 0 Å². The Balaban J connectivity index is 1.62. The van der Waals surface area contributed by atoms with Crippen molar-refractivity contribution in [3.8, 4) is 11.5 Å². The molecule has 0 aliphatic heterocycles.